The van der Waals surface area contributed by atoms with Gasteiger partial charge in [0.15, 0.2) is 5.82 Å². The van der Waals surface area contributed by atoms with E-state index in [0.29, 0.717) is 19.0 Å². The van der Waals surface area contributed by atoms with Gasteiger partial charge in [0.1, 0.15) is 5.82 Å². The fourth-order valence-corrected chi connectivity index (χ4v) is 4.23. The van der Waals surface area contributed by atoms with Gasteiger partial charge in [-0.15, -0.1) is 11.3 Å². The Balaban J connectivity index is 1.63. The molecule has 0 spiro atoms. The molecule has 0 bridgehead atoms. The molecule has 1 atom stereocenters. The third kappa shape index (κ3) is 5.32. The average Bonchev–Trinajstić information content (AvgIpc) is 3.22. The molecule has 31 heavy (non-hydrogen) atoms. The van der Waals surface area contributed by atoms with Gasteiger partial charge in [0.25, 0.3) is 0 Å². The second kappa shape index (κ2) is 10.3. The fraction of sp³-hybridized carbons (Fsp3) is 0.208. The summed E-state index contributed by atoms with van der Waals surface area (Å²) in [6.07, 6.45) is 8.32. The Kier molecular flexibility index (Phi) is 6.99. The number of benzene rings is 1. The number of nitrogens with one attached hydrogen (secondary N) is 1. The van der Waals surface area contributed by atoms with Crippen LogP contribution in [0.4, 0.5) is 5.82 Å². The molecule has 6 nitrogen and oxygen atoms in total. The molecule has 0 aliphatic carbocycles. The Morgan fingerprint density at radius 1 is 1.13 bits per heavy atom. The van der Waals surface area contributed by atoms with E-state index in [-0.39, 0.29) is 6.04 Å². The maximum absolute atomic E-state index is 6.40. The second-order valence-electron chi connectivity index (χ2n) is 7.19. The lowest BCUT2D eigenvalue weighted by molar-refractivity contribution is 0.234. The monoisotopic (exact) mass is 431 g/mol. The molecule has 3 heterocycles. The molecule has 0 amide bonds. The number of hydrogen-bond donors (Lipinski definition) is 2. The smallest absolute Gasteiger partial charge is 0.162 e. The highest BCUT2D eigenvalue weighted by atomic mass is 32.1. The van der Waals surface area contributed by atoms with Gasteiger partial charge < -0.3 is 15.8 Å². The molecule has 3 N–H and O–H groups in total. The molecular weight excluding hydrogens is 406 g/mol. The number of hydrogen-bond acceptors (Lipinski definition) is 7. The predicted molar refractivity (Wildman–Crippen MR) is 128 cm³/mol. The third-order valence-corrected chi connectivity index (χ3v) is 5.81. The Morgan fingerprint density at radius 2 is 1.94 bits per heavy atom. The molecular formula is C24H25N5OS. The highest BCUT2D eigenvalue weighted by Crippen LogP contribution is 2.33. The lowest BCUT2D eigenvalue weighted by Crippen LogP contribution is -2.31. The zero-order chi connectivity index (χ0) is 21.5. The predicted octanol–water partition coefficient (Wildman–Crippen LogP) is 4.39. The number of aromatic nitrogens is 3. The molecule has 0 unspecified atom stereocenters. The highest BCUT2D eigenvalue weighted by molar-refractivity contribution is 7.18. The third-order valence-electron chi connectivity index (χ3n) is 4.81. The average molecular weight is 432 g/mol. The van der Waals surface area contributed by atoms with Crippen LogP contribution in [0.15, 0.2) is 66.3 Å². The molecule has 7 heteroatoms. The largest absolute Gasteiger partial charge is 0.381 e. The van der Waals surface area contributed by atoms with Crippen molar-refractivity contribution in [2.75, 3.05) is 25.6 Å². The minimum Gasteiger partial charge on any atom is -0.381 e. The van der Waals surface area contributed by atoms with E-state index in [1.54, 1.807) is 30.8 Å². The van der Waals surface area contributed by atoms with Gasteiger partial charge in [0.2, 0.25) is 0 Å². The van der Waals surface area contributed by atoms with Gasteiger partial charge in [-0.25, -0.2) is 9.97 Å². The van der Waals surface area contributed by atoms with Crippen LogP contribution in [0.5, 0.6) is 0 Å². The van der Waals surface area contributed by atoms with Crippen LogP contribution in [0.1, 0.15) is 11.1 Å². The fourth-order valence-electron chi connectivity index (χ4n) is 3.29. The van der Waals surface area contributed by atoms with E-state index in [2.05, 4.69) is 27.8 Å². The topological polar surface area (TPSA) is 86.0 Å². The first-order valence-corrected chi connectivity index (χ1v) is 11.0. The Bertz CT molecular complexity index is 1140. The number of nitrogens with zero attached hydrogens (tertiary/aromatic N) is 3. The molecule has 0 saturated carbocycles. The summed E-state index contributed by atoms with van der Waals surface area (Å²) in [5.41, 5.74) is 10.5. The zero-order valence-electron chi connectivity index (χ0n) is 17.4. The van der Waals surface area contributed by atoms with Crippen LogP contribution in [0.25, 0.3) is 27.7 Å². The second-order valence-corrected chi connectivity index (χ2v) is 8.07. The summed E-state index contributed by atoms with van der Waals surface area (Å²) in [6.45, 7) is 1.17. The summed E-state index contributed by atoms with van der Waals surface area (Å²) in [5, 5.41) is 5.56. The maximum atomic E-state index is 6.40. The summed E-state index contributed by atoms with van der Waals surface area (Å²) < 4.78 is 6.15. The van der Waals surface area contributed by atoms with Gasteiger partial charge in [0.05, 0.1) is 16.8 Å². The molecule has 158 valence electrons. The van der Waals surface area contributed by atoms with Crippen molar-refractivity contribution in [2.24, 2.45) is 5.73 Å². The summed E-state index contributed by atoms with van der Waals surface area (Å²) in [7, 11) is 1.68. The van der Waals surface area contributed by atoms with E-state index in [1.165, 1.54) is 5.56 Å². The first kappa shape index (κ1) is 21.1. The number of methoxy groups -OCH3 is 1. The van der Waals surface area contributed by atoms with Crippen molar-refractivity contribution in [3.63, 3.8) is 0 Å². The van der Waals surface area contributed by atoms with Crippen molar-refractivity contribution in [3.05, 3.63) is 77.4 Å². The molecule has 0 radical (unpaired) electrons. The van der Waals surface area contributed by atoms with E-state index in [0.717, 1.165) is 33.6 Å². The number of rotatable bonds is 9. The van der Waals surface area contributed by atoms with Gasteiger partial charge in [-0.1, -0.05) is 42.5 Å². The molecule has 0 saturated heterocycles. The molecule has 4 rings (SSSR count). The van der Waals surface area contributed by atoms with Crippen molar-refractivity contribution in [3.8, 4) is 11.4 Å². The van der Waals surface area contributed by atoms with Crippen molar-refractivity contribution in [1.82, 2.24) is 15.0 Å². The summed E-state index contributed by atoms with van der Waals surface area (Å²) in [5.74, 6) is 1.46. The van der Waals surface area contributed by atoms with Crippen LogP contribution >= 0.6 is 11.3 Å². The normalized spacial score (nSPS) is 12.5. The summed E-state index contributed by atoms with van der Waals surface area (Å²) in [6, 6.07) is 14.1. The number of ether oxygens (including phenoxy) is 1. The van der Waals surface area contributed by atoms with Crippen molar-refractivity contribution in [1.29, 1.82) is 0 Å². The van der Waals surface area contributed by atoms with Crippen LogP contribution < -0.4 is 11.1 Å². The first-order chi connectivity index (χ1) is 15.2. The molecule has 3 aromatic heterocycles. The van der Waals surface area contributed by atoms with Crippen molar-refractivity contribution in [2.45, 2.75) is 12.5 Å². The molecule has 4 aromatic rings. The van der Waals surface area contributed by atoms with Gasteiger partial charge in [-0.2, -0.15) is 0 Å². The first-order valence-electron chi connectivity index (χ1n) is 10.1. The van der Waals surface area contributed by atoms with Gasteiger partial charge >= 0.3 is 0 Å². The Morgan fingerprint density at radius 3 is 2.71 bits per heavy atom. The quantitative estimate of drug-likeness (QED) is 0.409. The van der Waals surface area contributed by atoms with Crippen LogP contribution in [0, 0.1) is 0 Å². The van der Waals surface area contributed by atoms with Crippen LogP contribution in [-0.4, -0.2) is 41.3 Å². The van der Waals surface area contributed by atoms with E-state index >= 15 is 0 Å². The SMILES string of the molecule is COCC=Cc1csc2c(NC[C@@H](N)Cc3ccccc3)nc(-c3ccncc3)nc12. The minimum absolute atomic E-state index is 0.0298. The van der Waals surface area contributed by atoms with Gasteiger partial charge in [0, 0.05) is 48.6 Å². The number of thiophene rings is 1. The molecule has 0 aliphatic heterocycles. The number of anilines is 1. The lowest BCUT2D eigenvalue weighted by atomic mass is 10.1. The number of fused-ring (bicyclic) bond motifs is 1. The maximum Gasteiger partial charge on any atom is 0.162 e. The molecule has 1 aromatic carbocycles. The highest BCUT2D eigenvalue weighted by Gasteiger charge is 2.15. The standard InChI is InChI=1S/C24H25N5OS/c1-30-13-5-8-19-16-31-22-21(19)28-23(18-9-11-26-12-10-18)29-24(22)27-15-20(25)14-17-6-3-2-4-7-17/h2-12,16,20H,13-15,25H2,1H3,(H,27,28,29)/t20-/m0/s1. The van der Waals surface area contributed by atoms with E-state index < -0.39 is 0 Å². The zero-order valence-corrected chi connectivity index (χ0v) is 18.2. The van der Waals surface area contributed by atoms with Crippen LogP contribution in [-0.2, 0) is 11.2 Å². The van der Waals surface area contributed by atoms with E-state index in [9.17, 15) is 0 Å². The Labute approximate surface area is 185 Å². The number of nitrogens with two attached hydrogens (primary N) is 1. The van der Waals surface area contributed by atoms with E-state index in [4.69, 9.17) is 20.4 Å². The Hall–Kier alpha value is -3.13. The van der Waals surface area contributed by atoms with Crippen LogP contribution in [0.3, 0.4) is 0 Å². The summed E-state index contributed by atoms with van der Waals surface area (Å²) >= 11 is 1.63. The van der Waals surface area contributed by atoms with Crippen LogP contribution in [0.2, 0.25) is 0 Å². The van der Waals surface area contributed by atoms with Crippen molar-refractivity contribution < 1.29 is 4.74 Å². The van der Waals surface area contributed by atoms with Crippen molar-refractivity contribution >= 4 is 33.4 Å². The lowest BCUT2D eigenvalue weighted by Gasteiger charge is -2.14. The van der Waals surface area contributed by atoms with Gasteiger partial charge in [-0.05, 0) is 24.1 Å². The number of pyridine rings is 1. The van der Waals surface area contributed by atoms with Gasteiger partial charge in [-0.3, -0.25) is 4.98 Å². The molecule has 0 fully saturated rings. The van der Waals surface area contributed by atoms with E-state index in [1.807, 2.05) is 42.5 Å². The summed E-state index contributed by atoms with van der Waals surface area (Å²) in [4.78, 5) is 13.8. The minimum atomic E-state index is -0.0298. The molecule has 0 aliphatic rings.